The molecule has 0 fully saturated rings. The number of alkyl halides is 7. The van der Waals surface area contributed by atoms with Gasteiger partial charge in [-0.15, -0.1) is 0 Å². The van der Waals surface area contributed by atoms with Crippen LogP contribution in [0.25, 0.3) is 0 Å². The summed E-state index contributed by atoms with van der Waals surface area (Å²) in [4.78, 5) is 23.3. The first-order valence-electron chi connectivity index (χ1n) is 8.30. The van der Waals surface area contributed by atoms with E-state index in [1.807, 2.05) is 0 Å². The maximum absolute atomic E-state index is 13.5. The Balaban J connectivity index is 5.78. The molecule has 188 valence electrons. The van der Waals surface area contributed by atoms with Crippen LogP contribution < -0.4 is 0 Å². The third-order valence-corrected chi connectivity index (χ3v) is 4.28. The predicted molar refractivity (Wildman–Crippen MR) is 87.6 cm³/mol. The Labute approximate surface area is 176 Å². The summed E-state index contributed by atoms with van der Waals surface area (Å²) in [6.45, 7) is 2.77. The Morgan fingerprint density at radius 2 is 1.56 bits per heavy atom. The molecule has 0 amide bonds. The van der Waals surface area contributed by atoms with E-state index in [1.54, 1.807) is 0 Å². The molecule has 0 heterocycles. The molecule has 0 aromatic rings. The first kappa shape index (κ1) is 30.0. The SMILES string of the molecule is C=C(F)C(=O)OC(OCCCC(F)(F)C(F)(F)S(=O)(=O)O)(C(=O)OCC(C)C)C(F)(F)F. The number of rotatable bonds is 12. The van der Waals surface area contributed by atoms with Crippen molar-refractivity contribution in [2.45, 2.75) is 49.8 Å². The first-order valence-corrected chi connectivity index (χ1v) is 9.74. The Bertz CT molecular complexity index is 809. The number of ether oxygens (including phenoxy) is 3. The van der Waals surface area contributed by atoms with E-state index in [4.69, 9.17) is 4.55 Å². The zero-order chi connectivity index (χ0) is 25.8. The Morgan fingerprint density at radius 3 is 1.94 bits per heavy atom. The van der Waals surface area contributed by atoms with Gasteiger partial charge in [-0.25, -0.2) is 9.59 Å². The van der Waals surface area contributed by atoms with Crippen LogP contribution in [-0.4, -0.2) is 61.3 Å². The highest BCUT2D eigenvalue weighted by Crippen LogP contribution is 2.42. The van der Waals surface area contributed by atoms with Crippen molar-refractivity contribution in [1.82, 2.24) is 0 Å². The van der Waals surface area contributed by atoms with Gasteiger partial charge in [-0.05, 0) is 12.3 Å². The summed E-state index contributed by atoms with van der Waals surface area (Å²) in [5.74, 6) is -17.7. The quantitative estimate of drug-likeness (QED) is 0.106. The maximum Gasteiger partial charge on any atom is 0.468 e. The highest BCUT2D eigenvalue weighted by Gasteiger charge is 2.68. The van der Waals surface area contributed by atoms with Crippen LogP contribution in [0.15, 0.2) is 12.4 Å². The molecule has 0 rings (SSSR count). The van der Waals surface area contributed by atoms with E-state index in [1.165, 1.54) is 13.8 Å². The largest absolute Gasteiger partial charge is 0.468 e. The van der Waals surface area contributed by atoms with Gasteiger partial charge in [0.05, 0.1) is 13.2 Å². The second-order valence-corrected chi connectivity index (χ2v) is 8.01. The average Bonchev–Trinajstić information content (AvgIpc) is 2.59. The first-order chi connectivity index (χ1) is 14.1. The van der Waals surface area contributed by atoms with E-state index >= 15 is 0 Å². The Morgan fingerprint density at radius 1 is 1.06 bits per heavy atom. The molecule has 0 aliphatic heterocycles. The van der Waals surface area contributed by atoms with E-state index in [0.717, 1.165) is 0 Å². The van der Waals surface area contributed by atoms with Crippen LogP contribution in [0.1, 0.15) is 26.7 Å². The van der Waals surface area contributed by atoms with Crippen molar-refractivity contribution in [3.63, 3.8) is 0 Å². The van der Waals surface area contributed by atoms with Crippen molar-refractivity contribution >= 4 is 22.1 Å². The molecular formula is C15H18F8O8S. The lowest BCUT2D eigenvalue weighted by Crippen LogP contribution is -2.58. The van der Waals surface area contributed by atoms with Crippen molar-refractivity contribution < 1.29 is 71.9 Å². The van der Waals surface area contributed by atoms with E-state index < -0.39 is 83.0 Å². The van der Waals surface area contributed by atoms with Gasteiger partial charge in [0.25, 0.3) is 0 Å². The Kier molecular flexibility index (Phi) is 9.64. The van der Waals surface area contributed by atoms with Crippen LogP contribution in [0.2, 0.25) is 0 Å². The van der Waals surface area contributed by atoms with Gasteiger partial charge in [-0.2, -0.15) is 43.5 Å². The minimum atomic E-state index is -6.60. The molecule has 32 heavy (non-hydrogen) atoms. The number of halogens is 8. The van der Waals surface area contributed by atoms with E-state index in [0.29, 0.717) is 0 Å². The molecule has 0 aliphatic carbocycles. The molecule has 0 aromatic heterocycles. The predicted octanol–water partition coefficient (Wildman–Crippen LogP) is 3.38. The minimum Gasteiger partial charge on any atom is -0.460 e. The van der Waals surface area contributed by atoms with Gasteiger partial charge in [-0.3, -0.25) is 4.55 Å². The number of carbonyl (C=O) groups excluding carboxylic acids is 2. The fourth-order valence-electron chi connectivity index (χ4n) is 1.75. The van der Waals surface area contributed by atoms with Crippen molar-refractivity contribution in [2.24, 2.45) is 5.92 Å². The third kappa shape index (κ3) is 6.99. The molecular weight excluding hydrogens is 492 g/mol. The summed E-state index contributed by atoms with van der Waals surface area (Å²) in [5.41, 5.74) is 0. The molecule has 0 spiro atoms. The van der Waals surface area contributed by atoms with Crippen molar-refractivity contribution in [2.75, 3.05) is 13.2 Å². The van der Waals surface area contributed by atoms with Crippen LogP contribution in [0.4, 0.5) is 35.1 Å². The summed E-state index contributed by atoms with van der Waals surface area (Å²) in [6, 6.07) is 0. The van der Waals surface area contributed by atoms with Crippen molar-refractivity contribution in [3.8, 4) is 0 Å². The van der Waals surface area contributed by atoms with Crippen molar-refractivity contribution in [1.29, 1.82) is 0 Å². The molecule has 0 aromatic carbocycles. The van der Waals surface area contributed by atoms with Crippen LogP contribution in [-0.2, 0) is 33.9 Å². The third-order valence-electron chi connectivity index (χ3n) is 3.34. The molecule has 0 saturated heterocycles. The summed E-state index contributed by atoms with van der Waals surface area (Å²) in [7, 11) is -6.60. The zero-order valence-electron chi connectivity index (χ0n) is 16.3. The molecule has 0 aliphatic rings. The lowest BCUT2D eigenvalue weighted by Gasteiger charge is -2.32. The van der Waals surface area contributed by atoms with Gasteiger partial charge in [0.1, 0.15) is 0 Å². The maximum atomic E-state index is 13.5. The summed E-state index contributed by atoms with van der Waals surface area (Å²) in [6.07, 6.45) is -9.63. The molecule has 0 saturated carbocycles. The van der Waals surface area contributed by atoms with Gasteiger partial charge in [0, 0.05) is 6.42 Å². The van der Waals surface area contributed by atoms with Gasteiger partial charge in [-0.1, -0.05) is 20.4 Å². The van der Waals surface area contributed by atoms with Crippen LogP contribution >= 0.6 is 0 Å². The molecule has 1 unspecified atom stereocenters. The van der Waals surface area contributed by atoms with Crippen LogP contribution in [0.3, 0.4) is 0 Å². The summed E-state index contributed by atoms with van der Waals surface area (Å²) < 4.78 is 148. The van der Waals surface area contributed by atoms with E-state index in [9.17, 15) is 53.1 Å². The van der Waals surface area contributed by atoms with E-state index in [-0.39, 0.29) is 0 Å². The second-order valence-electron chi connectivity index (χ2n) is 6.55. The summed E-state index contributed by atoms with van der Waals surface area (Å²) in [5, 5.41) is -6.00. The van der Waals surface area contributed by atoms with E-state index in [2.05, 4.69) is 20.8 Å². The zero-order valence-corrected chi connectivity index (χ0v) is 17.2. The van der Waals surface area contributed by atoms with Crippen molar-refractivity contribution in [3.05, 3.63) is 12.4 Å². The normalized spacial score (nSPS) is 15.2. The van der Waals surface area contributed by atoms with Crippen LogP contribution in [0.5, 0.6) is 0 Å². The number of carbonyl (C=O) groups is 2. The molecule has 17 heteroatoms. The fraction of sp³-hybridized carbons (Fsp3) is 0.733. The number of hydrogen-bond acceptors (Lipinski definition) is 7. The molecule has 1 N–H and O–H groups in total. The Hall–Kier alpha value is -2.01. The topological polar surface area (TPSA) is 116 Å². The minimum absolute atomic E-state index is 0.557. The second kappa shape index (κ2) is 10.3. The fourth-order valence-corrected chi connectivity index (χ4v) is 2.23. The standard InChI is InChI=1S/C15H18F8O8S/c1-8(2)7-29-11(25)13(14(19,20)21,31-10(24)9(3)16)30-6-4-5-12(17,18)15(22,23)32(26,27)28/h8H,3-7H2,1-2H3,(H,26,27,28). The van der Waals surface area contributed by atoms with Crippen LogP contribution in [0, 0.1) is 5.92 Å². The summed E-state index contributed by atoms with van der Waals surface area (Å²) >= 11 is 0. The van der Waals surface area contributed by atoms with Gasteiger partial charge >= 0.3 is 45.2 Å². The average molecular weight is 510 g/mol. The number of hydrogen-bond donors (Lipinski definition) is 1. The lowest BCUT2D eigenvalue weighted by molar-refractivity contribution is -0.355. The highest BCUT2D eigenvalue weighted by molar-refractivity contribution is 7.87. The molecule has 8 nitrogen and oxygen atoms in total. The number of esters is 2. The van der Waals surface area contributed by atoms with Gasteiger partial charge in [0.15, 0.2) is 0 Å². The monoisotopic (exact) mass is 510 g/mol. The highest BCUT2D eigenvalue weighted by atomic mass is 32.2. The van der Waals surface area contributed by atoms with Gasteiger partial charge < -0.3 is 14.2 Å². The molecule has 1 atom stereocenters. The van der Waals surface area contributed by atoms with Gasteiger partial charge in [0.2, 0.25) is 5.83 Å². The lowest BCUT2D eigenvalue weighted by atomic mass is 10.2. The smallest absolute Gasteiger partial charge is 0.460 e. The molecule has 0 radical (unpaired) electrons. The molecule has 0 bridgehead atoms.